The van der Waals surface area contributed by atoms with Crippen molar-refractivity contribution >= 4 is 17.7 Å². The largest absolute Gasteiger partial charge is 0.395 e. The molecule has 2 saturated heterocycles. The highest BCUT2D eigenvalue weighted by molar-refractivity contribution is 7.99. The highest BCUT2D eigenvalue weighted by Crippen LogP contribution is 2.26. The number of carbonyl (C=O) groups excluding carboxylic acids is 1. The smallest absolute Gasteiger partial charge is 0.222 e. The number of thioether (sulfide) groups is 1. The molecular weight excluding hydrogens is 260 g/mol. The van der Waals surface area contributed by atoms with Crippen LogP contribution in [0.5, 0.6) is 0 Å². The summed E-state index contributed by atoms with van der Waals surface area (Å²) in [6, 6.07) is 0.428. The molecule has 5 heteroatoms. The summed E-state index contributed by atoms with van der Waals surface area (Å²) in [4.78, 5) is 14.2. The Hall–Kier alpha value is -0.260. The van der Waals surface area contributed by atoms with Crippen molar-refractivity contribution in [1.29, 1.82) is 0 Å². The molecule has 0 aromatic carbocycles. The number of nitrogens with one attached hydrogen (secondary N) is 1. The molecule has 0 aromatic rings. The van der Waals surface area contributed by atoms with Gasteiger partial charge in [0.15, 0.2) is 0 Å². The minimum absolute atomic E-state index is 0.0684. The number of aliphatic hydroxyl groups excluding tert-OH is 1. The van der Waals surface area contributed by atoms with Gasteiger partial charge in [0.1, 0.15) is 0 Å². The Balaban J connectivity index is 1.80. The van der Waals surface area contributed by atoms with Gasteiger partial charge in [-0.1, -0.05) is 0 Å². The molecule has 2 heterocycles. The molecule has 2 aliphatic rings. The Bertz CT molecular complexity index is 277. The van der Waals surface area contributed by atoms with Crippen LogP contribution in [-0.2, 0) is 4.79 Å². The van der Waals surface area contributed by atoms with E-state index in [2.05, 4.69) is 5.32 Å². The first-order valence-electron chi connectivity index (χ1n) is 7.49. The minimum Gasteiger partial charge on any atom is -0.395 e. The molecule has 2 fully saturated rings. The van der Waals surface area contributed by atoms with E-state index in [9.17, 15) is 4.79 Å². The highest BCUT2D eigenvalue weighted by Gasteiger charge is 2.24. The molecule has 19 heavy (non-hydrogen) atoms. The van der Waals surface area contributed by atoms with Gasteiger partial charge in [-0.15, -0.1) is 0 Å². The number of hydrogen-bond acceptors (Lipinski definition) is 4. The predicted octanol–water partition coefficient (Wildman–Crippen LogP) is 1.09. The predicted molar refractivity (Wildman–Crippen MR) is 79.4 cm³/mol. The molecule has 0 aliphatic carbocycles. The fourth-order valence-electron chi connectivity index (χ4n) is 2.94. The minimum atomic E-state index is 0.0684. The van der Waals surface area contributed by atoms with E-state index in [0.717, 1.165) is 19.5 Å². The number of carbonyl (C=O) groups is 1. The summed E-state index contributed by atoms with van der Waals surface area (Å²) in [5, 5.41) is 12.6. The van der Waals surface area contributed by atoms with Gasteiger partial charge in [0.2, 0.25) is 5.91 Å². The van der Waals surface area contributed by atoms with Crippen LogP contribution in [0, 0.1) is 5.92 Å². The van der Waals surface area contributed by atoms with Crippen molar-refractivity contribution in [3.05, 3.63) is 0 Å². The fourth-order valence-corrected chi connectivity index (χ4v) is 4.15. The maximum Gasteiger partial charge on any atom is 0.222 e. The summed E-state index contributed by atoms with van der Waals surface area (Å²) in [5.41, 5.74) is 0. The first kappa shape index (κ1) is 15.1. The topological polar surface area (TPSA) is 52.6 Å². The number of nitrogens with zero attached hydrogens (tertiary/aromatic N) is 1. The van der Waals surface area contributed by atoms with Crippen LogP contribution in [0.3, 0.4) is 0 Å². The second-order valence-corrected chi connectivity index (χ2v) is 6.84. The molecule has 2 N–H and O–H groups in total. The Morgan fingerprint density at radius 3 is 2.74 bits per heavy atom. The lowest BCUT2D eigenvalue weighted by Gasteiger charge is -2.28. The summed E-state index contributed by atoms with van der Waals surface area (Å²) >= 11 is 2.00. The second-order valence-electron chi connectivity index (χ2n) is 5.62. The molecular formula is C14H26N2O2S. The average molecular weight is 286 g/mol. The van der Waals surface area contributed by atoms with Crippen molar-refractivity contribution in [2.75, 3.05) is 37.7 Å². The van der Waals surface area contributed by atoms with Gasteiger partial charge in [0.25, 0.3) is 0 Å². The first-order valence-corrected chi connectivity index (χ1v) is 8.65. The van der Waals surface area contributed by atoms with Crippen LogP contribution in [0.25, 0.3) is 0 Å². The molecule has 1 atom stereocenters. The van der Waals surface area contributed by atoms with E-state index < -0.39 is 0 Å². The highest BCUT2D eigenvalue weighted by atomic mass is 32.2. The van der Waals surface area contributed by atoms with E-state index in [1.54, 1.807) is 0 Å². The maximum absolute atomic E-state index is 12.4. The van der Waals surface area contributed by atoms with E-state index in [1.807, 2.05) is 16.7 Å². The number of amides is 1. The molecule has 0 radical (unpaired) electrons. The van der Waals surface area contributed by atoms with Crippen LogP contribution in [0.15, 0.2) is 0 Å². The number of rotatable bonds is 6. The summed E-state index contributed by atoms with van der Waals surface area (Å²) in [5.74, 6) is 3.19. The molecule has 0 saturated carbocycles. The number of aliphatic hydroxyl groups is 1. The monoisotopic (exact) mass is 286 g/mol. The molecule has 4 nitrogen and oxygen atoms in total. The van der Waals surface area contributed by atoms with Crippen LogP contribution in [0.2, 0.25) is 0 Å². The molecule has 0 aromatic heterocycles. The van der Waals surface area contributed by atoms with Crippen LogP contribution < -0.4 is 5.32 Å². The number of hydrogen-bond donors (Lipinski definition) is 2. The normalized spacial score (nSPS) is 24.6. The van der Waals surface area contributed by atoms with E-state index in [0.29, 0.717) is 24.9 Å². The second kappa shape index (κ2) is 8.12. The lowest BCUT2D eigenvalue weighted by atomic mass is 9.98. The van der Waals surface area contributed by atoms with E-state index in [4.69, 9.17) is 5.11 Å². The molecule has 1 unspecified atom stereocenters. The molecule has 1 amide bonds. The lowest BCUT2D eigenvalue weighted by Crippen LogP contribution is -2.43. The zero-order valence-electron chi connectivity index (χ0n) is 11.6. The third-order valence-corrected chi connectivity index (χ3v) is 5.18. The van der Waals surface area contributed by atoms with E-state index >= 15 is 0 Å². The Labute approximate surface area is 120 Å². The summed E-state index contributed by atoms with van der Waals surface area (Å²) in [6.07, 6.45) is 5.37. The molecule has 2 aliphatic heterocycles. The van der Waals surface area contributed by atoms with Gasteiger partial charge in [-0.05, 0) is 49.7 Å². The average Bonchev–Trinajstić information content (AvgIpc) is 2.92. The Morgan fingerprint density at radius 2 is 2.11 bits per heavy atom. The summed E-state index contributed by atoms with van der Waals surface area (Å²) in [6.45, 7) is 2.38. The van der Waals surface area contributed by atoms with Crippen molar-refractivity contribution in [2.45, 2.75) is 38.1 Å². The van der Waals surface area contributed by atoms with Gasteiger partial charge < -0.3 is 15.3 Å². The van der Waals surface area contributed by atoms with Crippen molar-refractivity contribution in [2.24, 2.45) is 5.92 Å². The quantitative estimate of drug-likeness (QED) is 0.767. The van der Waals surface area contributed by atoms with Crippen molar-refractivity contribution in [1.82, 2.24) is 10.2 Å². The summed E-state index contributed by atoms with van der Waals surface area (Å²) in [7, 11) is 0. The molecule has 0 spiro atoms. The van der Waals surface area contributed by atoms with Gasteiger partial charge in [-0.2, -0.15) is 11.8 Å². The third-order valence-electron chi connectivity index (χ3n) is 4.13. The van der Waals surface area contributed by atoms with Gasteiger partial charge in [-0.25, -0.2) is 0 Å². The van der Waals surface area contributed by atoms with Crippen LogP contribution in [-0.4, -0.2) is 59.7 Å². The van der Waals surface area contributed by atoms with Crippen molar-refractivity contribution < 1.29 is 9.90 Å². The van der Waals surface area contributed by atoms with Gasteiger partial charge in [0, 0.05) is 25.6 Å². The molecule has 110 valence electrons. The standard InChI is InChI=1S/C14H26N2O2S/c17-7-6-16(11-13-2-1-5-15-13)14(18)10-12-3-8-19-9-4-12/h12-13,15,17H,1-11H2. The van der Waals surface area contributed by atoms with E-state index in [-0.39, 0.29) is 12.5 Å². The summed E-state index contributed by atoms with van der Waals surface area (Å²) < 4.78 is 0. The Kier molecular flexibility index (Phi) is 6.47. The maximum atomic E-state index is 12.4. The zero-order valence-corrected chi connectivity index (χ0v) is 12.5. The van der Waals surface area contributed by atoms with E-state index in [1.165, 1.54) is 30.8 Å². The zero-order chi connectivity index (χ0) is 13.5. The van der Waals surface area contributed by atoms with Crippen LogP contribution in [0.4, 0.5) is 0 Å². The molecule has 0 bridgehead atoms. The van der Waals surface area contributed by atoms with Gasteiger partial charge >= 0.3 is 0 Å². The Morgan fingerprint density at radius 1 is 1.32 bits per heavy atom. The SMILES string of the molecule is O=C(CC1CCSCC1)N(CCO)CC1CCCN1. The fraction of sp³-hybridized carbons (Fsp3) is 0.929. The van der Waals surface area contributed by atoms with Crippen molar-refractivity contribution in [3.8, 4) is 0 Å². The van der Waals surface area contributed by atoms with Gasteiger partial charge in [-0.3, -0.25) is 4.79 Å². The van der Waals surface area contributed by atoms with Gasteiger partial charge in [0.05, 0.1) is 6.61 Å². The first-order chi connectivity index (χ1) is 9.29. The molecule has 2 rings (SSSR count). The lowest BCUT2D eigenvalue weighted by molar-refractivity contribution is -0.133. The van der Waals surface area contributed by atoms with Crippen LogP contribution >= 0.6 is 11.8 Å². The van der Waals surface area contributed by atoms with Crippen molar-refractivity contribution in [3.63, 3.8) is 0 Å². The van der Waals surface area contributed by atoms with Crippen LogP contribution in [0.1, 0.15) is 32.1 Å². The third kappa shape index (κ3) is 4.97.